The second-order valence-corrected chi connectivity index (χ2v) is 5.69. The van der Waals surface area contributed by atoms with Crippen LogP contribution < -0.4 is 0 Å². The summed E-state index contributed by atoms with van der Waals surface area (Å²) in [5, 5.41) is 8.87. The summed E-state index contributed by atoms with van der Waals surface area (Å²) in [6, 6.07) is -0.730. The Hall–Kier alpha value is -1.24. The Balaban J connectivity index is 2.83. The number of hydrogen-bond donors (Lipinski definition) is 1. The van der Waals surface area contributed by atoms with Crippen molar-refractivity contribution in [2.24, 2.45) is 0 Å². The van der Waals surface area contributed by atoms with Gasteiger partial charge in [0.05, 0.1) is 5.88 Å². The number of thioether (sulfide) groups is 1. The minimum Gasteiger partial charge on any atom is -0.480 e. The third kappa shape index (κ3) is 3.86. The lowest BCUT2D eigenvalue weighted by Crippen LogP contribution is -2.52. The molecule has 1 aliphatic rings. The molecule has 0 aliphatic carbocycles. The van der Waals surface area contributed by atoms with Gasteiger partial charge in [-0.25, -0.2) is 0 Å². The molecule has 6 nitrogen and oxygen atoms in total. The number of carbonyl (C=O) groups excluding carboxylic acids is 2. The number of carbonyl (C=O) groups is 3. The van der Waals surface area contributed by atoms with E-state index < -0.39 is 12.0 Å². The van der Waals surface area contributed by atoms with Crippen molar-refractivity contribution < 1.29 is 19.5 Å². The summed E-state index contributed by atoms with van der Waals surface area (Å²) in [6.45, 7) is 4.97. The zero-order valence-electron chi connectivity index (χ0n) is 11.5. The van der Waals surface area contributed by atoms with Gasteiger partial charge in [0.2, 0.25) is 11.8 Å². The molecule has 19 heavy (non-hydrogen) atoms. The maximum atomic E-state index is 12.4. The van der Waals surface area contributed by atoms with Crippen molar-refractivity contribution in [2.75, 3.05) is 18.2 Å². The first-order valence-corrected chi connectivity index (χ1v) is 7.43. The van der Waals surface area contributed by atoms with Crippen molar-refractivity contribution >= 4 is 29.5 Å². The van der Waals surface area contributed by atoms with Crippen LogP contribution in [0.1, 0.15) is 27.2 Å². The van der Waals surface area contributed by atoms with Crippen molar-refractivity contribution in [3.05, 3.63) is 0 Å². The molecule has 1 N–H and O–H groups in total. The lowest BCUT2D eigenvalue weighted by molar-refractivity contribution is -0.150. The minimum absolute atomic E-state index is 0.0672. The molecule has 108 valence electrons. The number of aliphatic carboxylic acids is 1. The molecule has 0 spiro atoms. The number of hydrogen-bond acceptors (Lipinski definition) is 4. The van der Waals surface area contributed by atoms with Crippen LogP contribution in [-0.2, 0) is 14.4 Å². The molecule has 0 radical (unpaired) electrons. The van der Waals surface area contributed by atoms with E-state index in [2.05, 4.69) is 0 Å². The van der Waals surface area contributed by atoms with E-state index in [0.717, 1.165) is 0 Å². The van der Waals surface area contributed by atoms with Gasteiger partial charge in [-0.15, -0.1) is 11.8 Å². The highest BCUT2D eigenvalue weighted by molar-refractivity contribution is 7.99. The zero-order chi connectivity index (χ0) is 14.6. The summed E-state index contributed by atoms with van der Waals surface area (Å²) in [5.41, 5.74) is 0. The molecule has 1 atom stereocenters. The van der Waals surface area contributed by atoms with Crippen LogP contribution in [0.3, 0.4) is 0 Å². The quantitative estimate of drug-likeness (QED) is 0.802. The van der Waals surface area contributed by atoms with Gasteiger partial charge in [-0.1, -0.05) is 6.92 Å². The van der Waals surface area contributed by atoms with Crippen molar-refractivity contribution in [3.8, 4) is 0 Å². The van der Waals surface area contributed by atoms with Crippen LogP contribution in [0.25, 0.3) is 0 Å². The fourth-order valence-electron chi connectivity index (χ4n) is 1.95. The van der Waals surface area contributed by atoms with Crippen molar-refractivity contribution in [1.29, 1.82) is 0 Å². The van der Waals surface area contributed by atoms with Crippen LogP contribution >= 0.6 is 11.8 Å². The van der Waals surface area contributed by atoms with E-state index in [1.165, 1.54) is 16.7 Å². The zero-order valence-corrected chi connectivity index (χ0v) is 12.3. The molecule has 2 amide bonds. The fraction of sp³-hybridized carbons (Fsp3) is 0.750. The summed E-state index contributed by atoms with van der Waals surface area (Å²) < 4.78 is 0. The Morgan fingerprint density at radius 1 is 1.42 bits per heavy atom. The second-order valence-electron chi connectivity index (χ2n) is 4.69. The van der Waals surface area contributed by atoms with E-state index in [4.69, 9.17) is 5.11 Å². The molecule has 0 aromatic rings. The number of carboxylic acids is 1. The SMILES string of the molecule is CCC(=O)N1CSCC1C(=O)N(CC(=O)O)C(C)C. The Kier molecular flexibility index (Phi) is 5.65. The molecule has 0 aromatic carbocycles. The molecule has 0 bridgehead atoms. The lowest BCUT2D eigenvalue weighted by Gasteiger charge is -2.31. The third-order valence-corrected chi connectivity index (χ3v) is 4.01. The molecule has 0 saturated carbocycles. The third-order valence-electron chi connectivity index (χ3n) is 3.00. The molecule has 1 aliphatic heterocycles. The average molecular weight is 288 g/mol. The second kappa shape index (κ2) is 6.79. The maximum absolute atomic E-state index is 12.4. The predicted octanol–water partition coefficient (Wildman–Crippen LogP) is 0.620. The lowest BCUT2D eigenvalue weighted by atomic mass is 10.2. The molecular weight excluding hydrogens is 268 g/mol. The number of carboxylic acid groups (broad SMARTS) is 1. The van der Waals surface area contributed by atoms with E-state index in [9.17, 15) is 14.4 Å². The highest BCUT2D eigenvalue weighted by Gasteiger charge is 2.37. The molecular formula is C12H20N2O4S. The average Bonchev–Trinajstić information content (AvgIpc) is 2.82. The van der Waals surface area contributed by atoms with Gasteiger partial charge >= 0.3 is 5.97 Å². The smallest absolute Gasteiger partial charge is 0.323 e. The van der Waals surface area contributed by atoms with Crippen LogP contribution in [0.5, 0.6) is 0 Å². The van der Waals surface area contributed by atoms with Crippen LogP contribution in [0, 0.1) is 0 Å². The molecule has 1 heterocycles. The summed E-state index contributed by atoms with van der Waals surface area (Å²) in [5.74, 6) is -0.345. The van der Waals surface area contributed by atoms with E-state index >= 15 is 0 Å². The summed E-state index contributed by atoms with van der Waals surface area (Å²) in [6.07, 6.45) is 0.352. The highest BCUT2D eigenvalue weighted by atomic mass is 32.2. The molecule has 0 aromatic heterocycles. The van der Waals surface area contributed by atoms with Crippen molar-refractivity contribution in [1.82, 2.24) is 9.80 Å². The normalized spacial score (nSPS) is 18.7. The van der Waals surface area contributed by atoms with Crippen molar-refractivity contribution in [2.45, 2.75) is 39.3 Å². The minimum atomic E-state index is -1.04. The Bertz CT molecular complexity index is 373. The first kappa shape index (κ1) is 15.8. The van der Waals surface area contributed by atoms with Gasteiger partial charge in [0.1, 0.15) is 12.6 Å². The molecule has 1 rings (SSSR count). The van der Waals surface area contributed by atoms with Gasteiger partial charge in [-0.05, 0) is 13.8 Å². The van der Waals surface area contributed by atoms with Gasteiger partial charge < -0.3 is 14.9 Å². The Labute approximate surface area is 117 Å². The van der Waals surface area contributed by atoms with E-state index in [-0.39, 0.29) is 24.4 Å². The maximum Gasteiger partial charge on any atom is 0.323 e. The monoisotopic (exact) mass is 288 g/mol. The molecule has 1 fully saturated rings. The van der Waals surface area contributed by atoms with Crippen LogP contribution in [-0.4, -0.2) is 62.9 Å². The van der Waals surface area contributed by atoms with Crippen LogP contribution in [0.15, 0.2) is 0 Å². The topological polar surface area (TPSA) is 77.9 Å². The Morgan fingerprint density at radius 3 is 2.53 bits per heavy atom. The fourth-order valence-corrected chi connectivity index (χ4v) is 3.12. The van der Waals surface area contributed by atoms with Crippen LogP contribution in [0.2, 0.25) is 0 Å². The van der Waals surface area contributed by atoms with E-state index in [1.807, 2.05) is 0 Å². The first-order chi connectivity index (χ1) is 8.88. The largest absolute Gasteiger partial charge is 0.480 e. The van der Waals surface area contributed by atoms with E-state index in [1.54, 1.807) is 25.7 Å². The van der Waals surface area contributed by atoms with Gasteiger partial charge in [0.15, 0.2) is 0 Å². The summed E-state index contributed by atoms with van der Waals surface area (Å²) in [7, 11) is 0. The van der Waals surface area contributed by atoms with Gasteiger partial charge in [-0.2, -0.15) is 0 Å². The Morgan fingerprint density at radius 2 is 2.05 bits per heavy atom. The molecule has 1 saturated heterocycles. The summed E-state index contributed by atoms with van der Waals surface area (Å²) >= 11 is 1.52. The van der Waals surface area contributed by atoms with Gasteiger partial charge in [-0.3, -0.25) is 14.4 Å². The number of amides is 2. The van der Waals surface area contributed by atoms with Crippen LogP contribution in [0.4, 0.5) is 0 Å². The first-order valence-electron chi connectivity index (χ1n) is 6.28. The van der Waals surface area contributed by atoms with Gasteiger partial charge in [0.25, 0.3) is 0 Å². The number of nitrogens with zero attached hydrogens (tertiary/aromatic N) is 2. The van der Waals surface area contributed by atoms with Crippen molar-refractivity contribution in [3.63, 3.8) is 0 Å². The standard InChI is InChI=1S/C12H20N2O4S/c1-4-10(15)14-7-19-6-9(14)12(18)13(8(2)3)5-11(16)17/h8-9H,4-7H2,1-3H3,(H,16,17). The van der Waals surface area contributed by atoms with Gasteiger partial charge in [0, 0.05) is 18.2 Å². The molecule has 1 unspecified atom stereocenters. The summed E-state index contributed by atoms with van der Waals surface area (Å²) in [4.78, 5) is 37.9. The predicted molar refractivity (Wildman–Crippen MR) is 72.7 cm³/mol. The molecule has 7 heteroatoms. The highest BCUT2D eigenvalue weighted by Crippen LogP contribution is 2.23. The number of rotatable bonds is 5. The van der Waals surface area contributed by atoms with E-state index in [0.29, 0.717) is 18.1 Å².